The second-order valence-electron chi connectivity index (χ2n) is 5.68. The summed E-state index contributed by atoms with van der Waals surface area (Å²) in [6.07, 6.45) is 1.16. The van der Waals surface area contributed by atoms with E-state index in [9.17, 15) is 18.0 Å². The van der Waals surface area contributed by atoms with Crippen LogP contribution in [-0.2, 0) is 14.8 Å². The maximum absolute atomic E-state index is 12.7. The molecule has 1 aliphatic rings. The van der Waals surface area contributed by atoms with E-state index in [0.29, 0.717) is 24.3 Å². The van der Waals surface area contributed by atoms with Crippen LogP contribution in [0.2, 0.25) is 0 Å². The molecule has 0 aliphatic carbocycles. The first kappa shape index (κ1) is 19.5. The van der Waals surface area contributed by atoms with E-state index in [0.717, 1.165) is 15.1 Å². The Kier molecular flexibility index (Phi) is 6.13. The number of nitrogens with zero attached hydrogens (tertiary/aromatic N) is 1. The summed E-state index contributed by atoms with van der Waals surface area (Å²) in [4.78, 5) is 24.7. The number of amides is 2. The molecule has 1 unspecified atom stereocenters. The van der Waals surface area contributed by atoms with Crippen LogP contribution in [0.3, 0.4) is 0 Å². The van der Waals surface area contributed by atoms with Crippen LogP contribution in [0.5, 0.6) is 0 Å². The van der Waals surface area contributed by atoms with Crippen molar-refractivity contribution < 1.29 is 18.0 Å². The zero-order valence-electron chi connectivity index (χ0n) is 13.5. The minimum absolute atomic E-state index is 0.0958. The van der Waals surface area contributed by atoms with Crippen LogP contribution in [0.1, 0.15) is 22.5 Å². The Hall–Kier alpha value is -1.27. The lowest BCUT2D eigenvalue weighted by Gasteiger charge is -2.30. The van der Waals surface area contributed by atoms with Crippen LogP contribution in [0, 0.1) is 5.92 Å². The van der Waals surface area contributed by atoms with Crippen molar-refractivity contribution in [2.45, 2.75) is 17.1 Å². The second kappa shape index (κ2) is 8.17. The van der Waals surface area contributed by atoms with Crippen molar-refractivity contribution >= 4 is 60.4 Å². The molecule has 1 saturated heterocycles. The first-order valence-electron chi connectivity index (χ1n) is 7.77. The monoisotopic (exact) mass is 477 g/mol. The summed E-state index contributed by atoms with van der Waals surface area (Å²) >= 11 is 5.68. The maximum Gasteiger partial charge on any atom is 0.279 e. The number of sulfonamides is 1. The average Bonchev–Trinajstić information content (AvgIpc) is 3.31. The lowest BCUT2D eigenvalue weighted by molar-refractivity contribution is -0.126. The van der Waals surface area contributed by atoms with Crippen LogP contribution in [-0.4, -0.2) is 37.6 Å². The Bertz CT molecular complexity index is 895. The molecular weight excluding hydrogens is 462 g/mol. The molecule has 140 valence electrons. The highest BCUT2D eigenvalue weighted by molar-refractivity contribution is 9.11. The highest BCUT2D eigenvalue weighted by Gasteiger charge is 2.34. The highest BCUT2D eigenvalue weighted by atomic mass is 79.9. The molecule has 0 aromatic carbocycles. The Labute approximate surface area is 167 Å². The van der Waals surface area contributed by atoms with Gasteiger partial charge in [-0.2, -0.15) is 4.31 Å². The van der Waals surface area contributed by atoms with Crippen LogP contribution >= 0.6 is 38.6 Å². The van der Waals surface area contributed by atoms with Crippen LogP contribution in [0.25, 0.3) is 0 Å². The second-order valence-corrected chi connectivity index (χ2v) is 11.3. The van der Waals surface area contributed by atoms with Crippen LogP contribution in [0.4, 0.5) is 0 Å². The van der Waals surface area contributed by atoms with Gasteiger partial charge in [0, 0.05) is 13.1 Å². The normalized spacial score (nSPS) is 18.4. The Morgan fingerprint density at radius 2 is 2.04 bits per heavy atom. The number of rotatable bonds is 4. The van der Waals surface area contributed by atoms with Crippen molar-refractivity contribution in [3.8, 4) is 0 Å². The van der Waals surface area contributed by atoms with Crippen molar-refractivity contribution in [2.24, 2.45) is 5.92 Å². The molecule has 26 heavy (non-hydrogen) atoms. The summed E-state index contributed by atoms with van der Waals surface area (Å²) < 4.78 is 27.7. The zero-order valence-corrected chi connectivity index (χ0v) is 17.5. The predicted octanol–water partition coefficient (Wildman–Crippen LogP) is 2.43. The number of halogens is 1. The molecule has 2 aromatic rings. The third-order valence-corrected chi connectivity index (χ3v) is 8.77. The van der Waals surface area contributed by atoms with Gasteiger partial charge in [0.1, 0.15) is 4.21 Å². The molecular formula is C15H16BrN3O4S3. The number of hydrazine groups is 1. The maximum atomic E-state index is 12.7. The molecule has 3 rings (SSSR count). The predicted molar refractivity (Wildman–Crippen MR) is 103 cm³/mol. The quantitative estimate of drug-likeness (QED) is 0.660. The van der Waals surface area contributed by atoms with Gasteiger partial charge in [-0.1, -0.05) is 6.07 Å². The van der Waals surface area contributed by atoms with E-state index in [1.807, 2.05) is 0 Å². The van der Waals surface area contributed by atoms with Gasteiger partial charge in [0.2, 0.25) is 5.91 Å². The Morgan fingerprint density at radius 3 is 2.69 bits per heavy atom. The van der Waals surface area contributed by atoms with Crippen LogP contribution < -0.4 is 10.9 Å². The van der Waals surface area contributed by atoms with E-state index in [1.54, 1.807) is 29.6 Å². The van der Waals surface area contributed by atoms with Gasteiger partial charge in [-0.25, -0.2) is 8.42 Å². The largest absolute Gasteiger partial charge is 0.279 e. The molecule has 0 bridgehead atoms. The minimum atomic E-state index is -3.62. The summed E-state index contributed by atoms with van der Waals surface area (Å²) in [6.45, 7) is 0.474. The number of hydrogen-bond donors (Lipinski definition) is 2. The molecule has 0 spiro atoms. The van der Waals surface area contributed by atoms with Crippen LogP contribution in [0.15, 0.2) is 37.6 Å². The van der Waals surface area contributed by atoms with Gasteiger partial charge in [0.05, 0.1) is 14.6 Å². The van der Waals surface area contributed by atoms with Crippen molar-refractivity contribution in [2.75, 3.05) is 13.1 Å². The fourth-order valence-corrected chi connectivity index (χ4v) is 6.94. The number of hydrogen-bond acceptors (Lipinski definition) is 6. The van der Waals surface area contributed by atoms with Gasteiger partial charge in [-0.05, 0) is 52.4 Å². The molecule has 2 amide bonds. The SMILES string of the molecule is O=C(NNC(=O)C1CCCN(S(=O)(=O)c2ccc(Br)s2)C1)c1cccs1. The summed E-state index contributed by atoms with van der Waals surface area (Å²) in [5.41, 5.74) is 4.77. The zero-order chi connectivity index (χ0) is 18.7. The van der Waals surface area contributed by atoms with E-state index in [4.69, 9.17) is 0 Å². The summed E-state index contributed by atoms with van der Waals surface area (Å²) in [6, 6.07) is 6.63. The van der Waals surface area contributed by atoms with E-state index in [-0.39, 0.29) is 16.7 Å². The Morgan fingerprint density at radius 1 is 1.23 bits per heavy atom. The summed E-state index contributed by atoms with van der Waals surface area (Å²) in [7, 11) is -3.62. The number of thiophene rings is 2. The van der Waals surface area contributed by atoms with Gasteiger partial charge in [-0.3, -0.25) is 20.4 Å². The smallest absolute Gasteiger partial charge is 0.273 e. The molecule has 1 atom stereocenters. The summed E-state index contributed by atoms with van der Waals surface area (Å²) in [5, 5.41) is 1.77. The van der Waals surface area contributed by atoms with E-state index in [2.05, 4.69) is 26.8 Å². The van der Waals surface area contributed by atoms with E-state index in [1.165, 1.54) is 15.6 Å². The van der Waals surface area contributed by atoms with Gasteiger partial charge in [0.15, 0.2) is 0 Å². The molecule has 2 N–H and O–H groups in total. The van der Waals surface area contributed by atoms with E-state index >= 15 is 0 Å². The topological polar surface area (TPSA) is 95.6 Å². The first-order valence-corrected chi connectivity index (χ1v) is 11.7. The van der Waals surface area contributed by atoms with Crippen molar-refractivity contribution in [3.05, 3.63) is 38.3 Å². The lowest BCUT2D eigenvalue weighted by atomic mass is 9.99. The fraction of sp³-hybridized carbons (Fsp3) is 0.333. The third kappa shape index (κ3) is 4.34. The summed E-state index contributed by atoms with van der Waals surface area (Å²) in [5.74, 6) is -1.29. The Balaban J connectivity index is 1.61. The van der Waals surface area contributed by atoms with Crippen molar-refractivity contribution in [1.29, 1.82) is 0 Å². The van der Waals surface area contributed by atoms with Gasteiger partial charge in [-0.15, -0.1) is 22.7 Å². The van der Waals surface area contributed by atoms with Crippen molar-refractivity contribution in [3.63, 3.8) is 0 Å². The molecule has 1 aliphatic heterocycles. The molecule has 1 fully saturated rings. The molecule has 2 aromatic heterocycles. The molecule has 3 heterocycles. The minimum Gasteiger partial charge on any atom is -0.273 e. The number of piperidine rings is 1. The molecule has 11 heteroatoms. The third-order valence-electron chi connectivity index (χ3n) is 3.94. The molecule has 0 radical (unpaired) electrons. The van der Waals surface area contributed by atoms with Gasteiger partial charge < -0.3 is 0 Å². The molecule has 7 nitrogen and oxygen atoms in total. The van der Waals surface area contributed by atoms with Gasteiger partial charge in [0.25, 0.3) is 15.9 Å². The van der Waals surface area contributed by atoms with Crippen molar-refractivity contribution in [1.82, 2.24) is 15.2 Å². The highest BCUT2D eigenvalue weighted by Crippen LogP contribution is 2.30. The molecule has 0 saturated carbocycles. The number of carbonyl (C=O) groups excluding carboxylic acids is 2. The fourth-order valence-electron chi connectivity index (χ4n) is 2.63. The first-order chi connectivity index (χ1) is 12.4. The lowest BCUT2D eigenvalue weighted by Crippen LogP contribution is -2.49. The van der Waals surface area contributed by atoms with Gasteiger partial charge >= 0.3 is 0 Å². The number of nitrogens with one attached hydrogen (secondary N) is 2. The average molecular weight is 478 g/mol. The van der Waals surface area contributed by atoms with E-state index < -0.39 is 21.8 Å². The number of carbonyl (C=O) groups is 2. The standard InChI is InChI=1S/C15H16BrN3O4S3/c16-12-5-6-13(25-12)26(22,23)19-7-1-3-10(9-19)14(20)17-18-15(21)11-4-2-8-24-11/h2,4-6,8,10H,1,3,7,9H2,(H,17,20)(H,18,21).